The maximum atomic E-state index is 9.16. The molecule has 0 aromatic heterocycles. The van der Waals surface area contributed by atoms with E-state index in [2.05, 4.69) is 19.2 Å². The summed E-state index contributed by atoms with van der Waals surface area (Å²) in [5.74, 6) is 0. The van der Waals surface area contributed by atoms with Crippen LogP contribution in [0.5, 0.6) is 0 Å². The van der Waals surface area contributed by atoms with Crippen LogP contribution in [0.4, 0.5) is 0 Å². The highest BCUT2D eigenvalue weighted by molar-refractivity contribution is 4.85. The predicted molar refractivity (Wildman–Crippen MR) is 66.6 cm³/mol. The molecule has 0 saturated carbocycles. The maximum absolute atomic E-state index is 9.16. The molecule has 3 atom stereocenters. The molecule has 1 aliphatic rings. The zero-order valence-electron chi connectivity index (χ0n) is 11.0. The molecule has 0 aromatic rings. The summed E-state index contributed by atoms with van der Waals surface area (Å²) in [6.45, 7) is 8.13. The van der Waals surface area contributed by atoms with Gasteiger partial charge in [0.2, 0.25) is 0 Å². The van der Waals surface area contributed by atoms with Crippen molar-refractivity contribution in [2.45, 2.75) is 70.6 Å². The van der Waals surface area contributed by atoms with Crippen molar-refractivity contribution in [3.05, 3.63) is 0 Å². The van der Waals surface area contributed by atoms with E-state index >= 15 is 0 Å². The molecule has 2 N–H and O–H groups in total. The fourth-order valence-electron chi connectivity index (χ4n) is 2.25. The van der Waals surface area contributed by atoms with Crippen LogP contribution in [0.3, 0.4) is 0 Å². The minimum atomic E-state index is -0.169. The van der Waals surface area contributed by atoms with E-state index in [1.165, 1.54) is 0 Å². The second-order valence-corrected chi connectivity index (χ2v) is 5.29. The second kappa shape index (κ2) is 6.58. The zero-order valence-corrected chi connectivity index (χ0v) is 11.0. The van der Waals surface area contributed by atoms with Gasteiger partial charge in [0.25, 0.3) is 0 Å². The molecule has 0 radical (unpaired) electrons. The lowest BCUT2D eigenvalue weighted by molar-refractivity contribution is -0.0779. The molecule has 3 heteroatoms. The molecule has 3 unspecified atom stereocenters. The molecule has 16 heavy (non-hydrogen) atoms. The molecule has 0 aromatic carbocycles. The van der Waals surface area contributed by atoms with Crippen molar-refractivity contribution in [2.24, 2.45) is 0 Å². The molecule has 1 aliphatic heterocycles. The van der Waals surface area contributed by atoms with E-state index < -0.39 is 0 Å². The Labute approximate surface area is 99.6 Å². The van der Waals surface area contributed by atoms with Gasteiger partial charge in [-0.05, 0) is 52.5 Å². The topological polar surface area (TPSA) is 41.5 Å². The molecular formula is C13H27NO2. The smallest absolute Gasteiger partial charge is 0.0666 e. The molecule has 1 rings (SSSR count). The Hall–Kier alpha value is -0.120. The summed E-state index contributed by atoms with van der Waals surface area (Å²) in [5, 5.41) is 12.7. The Morgan fingerprint density at radius 2 is 2.31 bits per heavy atom. The first-order valence-corrected chi connectivity index (χ1v) is 6.61. The minimum Gasteiger partial charge on any atom is -0.393 e. The van der Waals surface area contributed by atoms with E-state index in [0.717, 1.165) is 45.3 Å². The van der Waals surface area contributed by atoms with Gasteiger partial charge in [0, 0.05) is 12.6 Å². The Morgan fingerprint density at radius 3 is 2.94 bits per heavy atom. The molecule has 1 fully saturated rings. The van der Waals surface area contributed by atoms with Crippen molar-refractivity contribution in [1.82, 2.24) is 5.32 Å². The number of ether oxygens (including phenoxy) is 1. The van der Waals surface area contributed by atoms with Crippen molar-refractivity contribution in [3.63, 3.8) is 0 Å². The van der Waals surface area contributed by atoms with Crippen molar-refractivity contribution in [2.75, 3.05) is 13.2 Å². The highest BCUT2D eigenvalue weighted by Crippen LogP contribution is 2.27. The lowest BCUT2D eigenvalue weighted by Crippen LogP contribution is -2.45. The number of hydrogen-bond donors (Lipinski definition) is 2. The summed E-state index contributed by atoms with van der Waals surface area (Å²) < 4.78 is 5.81. The molecule has 1 heterocycles. The molecule has 0 amide bonds. The zero-order chi connectivity index (χ0) is 12.0. The summed E-state index contributed by atoms with van der Waals surface area (Å²) >= 11 is 0. The van der Waals surface area contributed by atoms with Gasteiger partial charge < -0.3 is 15.2 Å². The normalized spacial score (nSPS) is 32.6. The molecule has 3 nitrogen and oxygen atoms in total. The van der Waals surface area contributed by atoms with Crippen LogP contribution in [0.2, 0.25) is 0 Å². The third kappa shape index (κ3) is 4.81. The van der Waals surface area contributed by atoms with Gasteiger partial charge in [0.15, 0.2) is 0 Å². The predicted octanol–water partition coefficient (Wildman–Crippen LogP) is 2.08. The van der Waals surface area contributed by atoms with Crippen LogP contribution in [-0.4, -0.2) is 36.0 Å². The van der Waals surface area contributed by atoms with Gasteiger partial charge in [0.1, 0.15) is 0 Å². The van der Waals surface area contributed by atoms with Crippen LogP contribution in [0.25, 0.3) is 0 Å². The van der Waals surface area contributed by atoms with E-state index in [1.807, 2.05) is 6.92 Å². The first kappa shape index (κ1) is 13.9. The number of rotatable bonds is 6. The lowest BCUT2D eigenvalue weighted by Gasteiger charge is -2.38. The van der Waals surface area contributed by atoms with Gasteiger partial charge in [-0.2, -0.15) is 0 Å². The molecular weight excluding hydrogens is 202 g/mol. The average Bonchev–Trinajstić information content (AvgIpc) is 2.24. The van der Waals surface area contributed by atoms with Gasteiger partial charge in [0.05, 0.1) is 11.7 Å². The summed E-state index contributed by atoms with van der Waals surface area (Å²) in [4.78, 5) is 0. The summed E-state index contributed by atoms with van der Waals surface area (Å²) in [7, 11) is 0. The van der Waals surface area contributed by atoms with E-state index in [0.29, 0.717) is 6.04 Å². The average molecular weight is 229 g/mol. The molecule has 96 valence electrons. The molecule has 0 spiro atoms. The van der Waals surface area contributed by atoms with Crippen LogP contribution >= 0.6 is 0 Å². The standard InChI is InChI=1S/C13H27NO2/c1-4-13(3)10-12(7-9-16-13)14-8-5-6-11(2)15/h11-12,14-15H,4-10H2,1-3H3. The monoisotopic (exact) mass is 229 g/mol. The Kier molecular flexibility index (Phi) is 5.73. The van der Waals surface area contributed by atoms with Crippen molar-refractivity contribution < 1.29 is 9.84 Å². The van der Waals surface area contributed by atoms with Gasteiger partial charge in [-0.15, -0.1) is 0 Å². The summed E-state index contributed by atoms with van der Waals surface area (Å²) in [6.07, 6.45) is 5.08. The Bertz CT molecular complexity index is 196. The van der Waals surface area contributed by atoms with E-state index in [9.17, 15) is 0 Å². The van der Waals surface area contributed by atoms with Crippen molar-refractivity contribution in [1.29, 1.82) is 0 Å². The maximum Gasteiger partial charge on any atom is 0.0666 e. The number of hydrogen-bond acceptors (Lipinski definition) is 3. The van der Waals surface area contributed by atoms with Crippen LogP contribution < -0.4 is 5.32 Å². The van der Waals surface area contributed by atoms with Crippen LogP contribution in [-0.2, 0) is 4.74 Å². The lowest BCUT2D eigenvalue weighted by atomic mass is 9.90. The molecule has 1 saturated heterocycles. The van der Waals surface area contributed by atoms with Crippen molar-refractivity contribution in [3.8, 4) is 0 Å². The van der Waals surface area contributed by atoms with E-state index in [-0.39, 0.29) is 11.7 Å². The second-order valence-electron chi connectivity index (χ2n) is 5.29. The Morgan fingerprint density at radius 1 is 1.56 bits per heavy atom. The number of aliphatic hydroxyl groups excluding tert-OH is 1. The van der Waals surface area contributed by atoms with Crippen LogP contribution in [0, 0.1) is 0 Å². The quantitative estimate of drug-likeness (QED) is 0.685. The van der Waals surface area contributed by atoms with Gasteiger partial charge in [-0.3, -0.25) is 0 Å². The number of nitrogens with one attached hydrogen (secondary N) is 1. The van der Waals surface area contributed by atoms with E-state index in [4.69, 9.17) is 9.84 Å². The highest BCUT2D eigenvalue weighted by atomic mass is 16.5. The van der Waals surface area contributed by atoms with Crippen LogP contribution in [0.15, 0.2) is 0 Å². The summed E-state index contributed by atoms with van der Waals surface area (Å²) in [5.41, 5.74) is 0.0696. The highest BCUT2D eigenvalue weighted by Gasteiger charge is 2.31. The van der Waals surface area contributed by atoms with Gasteiger partial charge in [-0.1, -0.05) is 6.92 Å². The largest absolute Gasteiger partial charge is 0.393 e. The van der Waals surface area contributed by atoms with E-state index in [1.54, 1.807) is 0 Å². The number of aliphatic hydroxyl groups is 1. The fourth-order valence-corrected chi connectivity index (χ4v) is 2.25. The SMILES string of the molecule is CCC1(C)CC(NCCCC(C)O)CCO1. The Balaban J connectivity index is 2.17. The third-order valence-electron chi connectivity index (χ3n) is 3.57. The minimum absolute atomic E-state index is 0.0696. The van der Waals surface area contributed by atoms with Gasteiger partial charge >= 0.3 is 0 Å². The van der Waals surface area contributed by atoms with Crippen LogP contribution in [0.1, 0.15) is 52.9 Å². The molecule has 0 bridgehead atoms. The first-order chi connectivity index (χ1) is 7.56. The van der Waals surface area contributed by atoms with Crippen molar-refractivity contribution >= 4 is 0 Å². The fraction of sp³-hybridized carbons (Fsp3) is 1.00. The summed E-state index contributed by atoms with van der Waals surface area (Å²) in [6, 6.07) is 0.590. The third-order valence-corrected chi connectivity index (χ3v) is 3.57. The molecule has 0 aliphatic carbocycles. The van der Waals surface area contributed by atoms with Gasteiger partial charge in [-0.25, -0.2) is 0 Å². The first-order valence-electron chi connectivity index (χ1n) is 6.61.